The van der Waals surface area contributed by atoms with Crippen molar-refractivity contribution in [2.75, 3.05) is 31.7 Å². The lowest BCUT2D eigenvalue weighted by atomic mass is 9.99. The summed E-state index contributed by atoms with van der Waals surface area (Å²) in [7, 11) is 0. The van der Waals surface area contributed by atoms with E-state index < -0.39 is 6.04 Å². The fraction of sp³-hybridized carbons (Fsp3) is 0.321. The van der Waals surface area contributed by atoms with Crippen molar-refractivity contribution in [2.24, 2.45) is 10.7 Å². The molecule has 0 fully saturated rings. The number of carbonyl (C=O) groups is 1. The minimum atomic E-state index is -0.560. The lowest BCUT2D eigenvalue weighted by Crippen LogP contribution is -2.17. The molecule has 0 bridgehead atoms. The van der Waals surface area contributed by atoms with Crippen molar-refractivity contribution >= 4 is 40.2 Å². The second-order valence-corrected chi connectivity index (χ2v) is 10.9. The molecule has 10 nitrogen and oxygen atoms in total. The van der Waals surface area contributed by atoms with Gasteiger partial charge in [0.1, 0.15) is 23.5 Å². The highest BCUT2D eigenvalue weighted by Gasteiger charge is 2.32. The Hall–Kier alpha value is -3.64. The van der Waals surface area contributed by atoms with Crippen LogP contribution in [0.4, 0.5) is 5.69 Å². The van der Waals surface area contributed by atoms with Gasteiger partial charge in [0.2, 0.25) is 11.8 Å². The number of amides is 1. The number of hydrogen-bond donors (Lipinski definition) is 2. The Morgan fingerprint density at radius 1 is 1.10 bits per heavy atom. The van der Waals surface area contributed by atoms with Gasteiger partial charge in [0.15, 0.2) is 5.82 Å². The number of aliphatic imine (C=N–C) groups is 1. The van der Waals surface area contributed by atoms with E-state index in [1.54, 1.807) is 29.7 Å². The average molecular weight is 580 g/mol. The third-order valence-corrected chi connectivity index (χ3v) is 7.94. The first-order valence-corrected chi connectivity index (χ1v) is 14.1. The molecule has 3 aromatic heterocycles. The number of halogens is 1. The molecule has 0 saturated carbocycles. The lowest BCUT2D eigenvalue weighted by molar-refractivity contribution is -0.116. The summed E-state index contributed by atoms with van der Waals surface area (Å²) in [5.74, 6) is 1.58. The van der Waals surface area contributed by atoms with Gasteiger partial charge < -0.3 is 20.5 Å². The molecule has 0 unspecified atom stereocenters. The van der Waals surface area contributed by atoms with Crippen LogP contribution < -0.4 is 15.8 Å². The molecule has 1 amide bonds. The lowest BCUT2D eigenvalue weighted by Gasteiger charge is -2.13. The second-order valence-electron chi connectivity index (χ2n) is 9.29. The number of hydrogen-bond acceptors (Lipinski definition) is 9. The van der Waals surface area contributed by atoms with E-state index in [0.29, 0.717) is 48.8 Å². The Morgan fingerprint density at radius 2 is 1.90 bits per heavy atom. The maximum atomic E-state index is 13.2. The van der Waals surface area contributed by atoms with Crippen molar-refractivity contribution in [3.63, 3.8) is 0 Å². The van der Waals surface area contributed by atoms with Crippen molar-refractivity contribution < 1.29 is 14.3 Å². The van der Waals surface area contributed by atoms with Crippen LogP contribution in [0.15, 0.2) is 47.6 Å². The summed E-state index contributed by atoms with van der Waals surface area (Å²) >= 11 is 7.86. The molecule has 12 heteroatoms. The number of anilines is 1. The normalized spacial score (nSPS) is 14.2. The Balaban J connectivity index is 1.39. The SMILES string of the molecule is Cc1sc2c(c1C)C(c1ccc(Cl)cc1)=N[C@@H](CC(=O)Nc1ccc(OCCOCCN)nc1)c1nnc(C)n1-2. The maximum absolute atomic E-state index is 13.2. The second kappa shape index (κ2) is 12.3. The van der Waals surface area contributed by atoms with Gasteiger partial charge in [0.25, 0.3) is 0 Å². The summed E-state index contributed by atoms with van der Waals surface area (Å²) < 4.78 is 12.9. The number of nitrogens with one attached hydrogen (secondary N) is 1. The van der Waals surface area contributed by atoms with E-state index in [1.165, 1.54) is 4.88 Å². The number of ether oxygens (including phenoxy) is 2. The number of benzene rings is 1. The van der Waals surface area contributed by atoms with E-state index in [9.17, 15) is 4.79 Å². The fourth-order valence-electron chi connectivity index (χ4n) is 4.45. The van der Waals surface area contributed by atoms with Crippen LogP contribution in [0.5, 0.6) is 5.88 Å². The van der Waals surface area contributed by atoms with E-state index in [1.807, 2.05) is 35.8 Å². The van der Waals surface area contributed by atoms with E-state index in [0.717, 1.165) is 33.2 Å². The standard InChI is InChI=1S/C28H30ClN7O3S/c1-16-17(2)40-28-25(16)26(19-4-6-20(29)7-5-19)33-22(27-35-34-18(3)36(27)28)14-23(37)32-21-8-9-24(31-15-21)39-13-12-38-11-10-30/h4-9,15,22H,10-14,30H2,1-3H3,(H,32,37)/t22-/m0/s1. The first-order valence-electron chi connectivity index (χ1n) is 12.9. The number of carbonyl (C=O) groups excluding carboxylic acids is 1. The van der Waals surface area contributed by atoms with Gasteiger partial charge in [-0.25, -0.2) is 4.98 Å². The van der Waals surface area contributed by atoms with Crippen LogP contribution in [-0.2, 0) is 9.53 Å². The first kappa shape index (κ1) is 27.9. The molecule has 4 aromatic rings. The largest absolute Gasteiger partial charge is 0.475 e. The number of fused-ring (bicyclic) bond motifs is 3. The van der Waals surface area contributed by atoms with E-state index in [-0.39, 0.29) is 12.3 Å². The molecule has 0 radical (unpaired) electrons. The first-order chi connectivity index (χ1) is 19.4. The molecule has 0 spiro atoms. The van der Waals surface area contributed by atoms with Gasteiger partial charge in [-0.3, -0.25) is 14.4 Å². The fourth-order valence-corrected chi connectivity index (χ4v) is 5.79. The van der Waals surface area contributed by atoms with Gasteiger partial charge in [-0.15, -0.1) is 21.5 Å². The highest BCUT2D eigenvalue weighted by molar-refractivity contribution is 7.15. The molecule has 40 heavy (non-hydrogen) atoms. The summed E-state index contributed by atoms with van der Waals surface area (Å²) in [6.45, 7) is 7.83. The minimum absolute atomic E-state index is 0.0684. The van der Waals surface area contributed by atoms with Gasteiger partial charge >= 0.3 is 0 Å². The number of aryl methyl sites for hydroxylation is 2. The average Bonchev–Trinajstić information content (AvgIpc) is 3.42. The molecule has 0 saturated heterocycles. The van der Waals surface area contributed by atoms with Gasteiger partial charge in [-0.1, -0.05) is 23.7 Å². The monoisotopic (exact) mass is 579 g/mol. The summed E-state index contributed by atoms with van der Waals surface area (Å²) in [5, 5.41) is 13.4. The molecule has 208 valence electrons. The van der Waals surface area contributed by atoms with Gasteiger partial charge in [-0.05, 0) is 44.5 Å². The van der Waals surface area contributed by atoms with Crippen LogP contribution in [0, 0.1) is 20.8 Å². The predicted molar refractivity (Wildman–Crippen MR) is 156 cm³/mol. The summed E-state index contributed by atoms with van der Waals surface area (Å²) in [6.07, 6.45) is 1.62. The smallest absolute Gasteiger partial charge is 0.227 e. The minimum Gasteiger partial charge on any atom is -0.475 e. The quantitative estimate of drug-likeness (QED) is 0.263. The predicted octanol–water partition coefficient (Wildman–Crippen LogP) is 4.58. The maximum Gasteiger partial charge on any atom is 0.227 e. The van der Waals surface area contributed by atoms with Crippen LogP contribution in [0.25, 0.3) is 5.00 Å². The van der Waals surface area contributed by atoms with E-state index in [2.05, 4.69) is 34.3 Å². The summed E-state index contributed by atoms with van der Waals surface area (Å²) in [6, 6.07) is 10.5. The Labute approximate surface area is 241 Å². The van der Waals surface area contributed by atoms with Crippen molar-refractivity contribution in [3.05, 3.63) is 80.8 Å². The highest BCUT2D eigenvalue weighted by atomic mass is 35.5. The number of nitrogens with two attached hydrogens (primary N) is 1. The molecule has 1 aliphatic rings. The van der Waals surface area contributed by atoms with Gasteiger partial charge in [0, 0.05) is 33.6 Å². The van der Waals surface area contributed by atoms with Crippen LogP contribution >= 0.6 is 22.9 Å². The topological polar surface area (TPSA) is 130 Å². The van der Waals surface area contributed by atoms with Crippen LogP contribution in [-0.4, -0.2) is 57.7 Å². The zero-order chi connectivity index (χ0) is 28.2. The van der Waals surface area contributed by atoms with Crippen molar-refractivity contribution in [1.29, 1.82) is 0 Å². The molecule has 3 N–H and O–H groups in total. The molecule has 1 atom stereocenters. The Morgan fingerprint density at radius 3 is 2.62 bits per heavy atom. The van der Waals surface area contributed by atoms with Crippen LogP contribution in [0.1, 0.15) is 45.7 Å². The number of nitrogens with zero attached hydrogens (tertiary/aromatic N) is 5. The zero-order valence-corrected chi connectivity index (χ0v) is 24.1. The molecular formula is C28H30ClN7O3S. The summed E-state index contributed by atoms with van der Waals surface area (Å²) in [5.41, 5.74) is 9.83. The van der Waals surface area contributed by atoms with Crippen molar-refractivity contribution in [3.8, 4) is 10.9 Å². The molecule has 1 aromatic carbocycles. The molecule has 4 heterocycles. The number of rotatable bonds is 10. The number of pyridine rings is 1. The van der Waals surface area contributed by atoms with Gasteiger partial charge in [-0.2, -0.15) is 0 Å². The third-order valence-electron chi connectivity index (χ3n) is 6.50. The molecule has 5 rings (SSSR count). The molecule has 0 aliphatic carbocycles. The zero-order valence-electron chi connectivity index (χ0n) is 22.5. The van der Waals surface area contributed by atoms with Crippen LogP contribution in [0.2, 0.25) is 5.02 Å². The number of aromatic nitrogens is 4. The van der Waals surface area contributed by atoms with E-state index in [4.69, 9.17) is 31.8 Å². The van der Waals surface area contributed by atoms with E-state index >= 15 is 0 Å². The Bertz CT molecular complexity index is 1530. The van der Waals surface area contributed by atoms with Crippen molar-refractivity contribution in [2.45, 2.75) is 33.2 Å². The summed E-state index contributed by atoms with van der Waals surface area (Å²) in [4.78, 5) is 23.8. The third kappa shape index (κ3) is 5.92. The van der Waals surface area contributed by atoms with Crippen LogP contribution in [0.3, 0.4) is 0 Å². The Kier molecular flexibility index (Phi) is 8.55. The highest BCUT2D eigenvalue weighted by Crippen LogP contribution is 2.39. The molecular weight excluding hydrogens is 550 g/mol. The van der Waals surface area contributed by atoms with Crippen molar-refractivity contribution in [1.82, 2.24) is 19.7 Å². The van der Waals surface area contributed by atoms with Gasteiger partial charge in [0.05, 0.1) is 37.2 Å². The number of thiophene rings is 1. The molecule has 1 aliphatic heterocycles.